The average molecular weight is 249 g/mol. The Hall–Kier alpha value is -1.35. The Balaban J connectivity index is 2.38. The van der Waals surface area contributed by atoms with Crippen LogP contribution in [-0.2, 0) is 11.2 Å². The van der Waals surface area contributed by atoms with Crippen molar-refractivity contribution in [3.05, 3.63) is 35.9 Å². The van der Waals surface area contributed by atoms with Crippen LogP contribution in [0.25, 0.3) is 0 Å². The molecule has 0 saturated carbocycles. The molecule has 1 amide bonds. The molecular formula is C15H23NO2. The van der Waals surface area contributed by atoms with Crippen LogP contribution in [0.4, 0.5) is 0 Å². The number of rotatable bonds is 6. The number of aryl methyl sites for hydroxylation is 1. The second-order valence-electron chi connectivity index (χ2n) is 5.26. The van der Waals surface area contributed by atoms with Crippen LogP contribution in [0.3, 0.4) is 0 Å². The zero-order valence-electron chi connectivity index (χ0n) is 11.5. The highest BCUT2D eigenvalue weighted by Gasteiger charge is 2.26. The lowest BCUT2D eigenvalue weighted by molar-refractivity contribution is -0.136. The molecule has 100 valence electrons. The van der Waals surface area contributed by atoms with Crippen LogP contribution in [0.15, 0.2) is 30.3 Å². The molecule has 0 aliphatic rings. The second kappa shape index (κ2) is 6.55. The molecule has 1 N–H and O–H groups in total. The summed E-state index contributed by atoms with van der Waals surface area (Å²) < 4.78 is 0. The maximum Gasteiger partial charge on any atom is 0.222 e. The van der Waals surface area contributed by atoms with Crippen molar-refractivity contribution in [3.63, 3.8) is 0 Å². The Morgan fingerprint density at radius 3 is 2.44 bits per heavy atom. The molecule has 0 aliphatic heterocycles. The molecule has 3 heteroatoms. The standard InChI is InChI=1S/C15H23NO2/c1-15(2,12-17)16(3)14(18)11-7-10-13-8-5-4-6-9-13/h4-6,8-9,17H,7,10-12H2,1-3H3. The lowest BCUT2D eigenvalue weighted by Gasteiger charge is -2.34. The molecule has 0 radical (unpaired) electrons. The first-order valence-electron chi connectivity index (χ1n) is 6.39. The van der Waals surface area contributed by atoms with Crippen molar-refractivity contribution in [2.24, 2.45) is 0 Å². The van der Waals surface area contributed by atoms with E-state index >= 15 is 0 Å². The van der Waals surface area contributed by atoms with E-state index in [-0.39, 0.29) is 12.5 Å². The van der Waals surface area contributed by atoms with Crippen LogP contribution >= 0.6 is 0 Å². The van der Waals surface area contributed by atoms with E-state index in [0.717, 1.165) is 12.8 Å². The summed E-state index contributed by atoms with van der Waals surface area (Å²) >= 11 is 0. The van der Waals surface area contributed by atoms with E-state index in [1.54, 1.807) is 11.9 Å². The van der Waals surface area contributed by atoms with Gasteiger partial charge in [-0.2, -0.15) is 0 Å². The largest absolute Gasteiger partial charge is 0.394 e. The predicted molar refractivity (Wildman–Crippen MR) is 73.3 cm³/mol. The summed E-state index contributed by atoms with van der Waals surface area (Å²) in [6.07, 6.45) is 2.28. The van der Waals surface area contributed by atoms with E-state index in [4.69, 9.17) is 0 Å². The quantitative estimate of drug-likeness (QED) is 0.840. The average Bonchev–Trinajstić information content (AvgIpc) is 2.39. The van der Waals surface area contributed by atoms with Crippen molar-refractivity contribution >= 4 is 5.91 Å². The number of benzene rings is 1. The van der Waals surface area contributed by atoms with Crippen LogP contribution in [0, 0.1) is 0 Å². The minimum Gasteiger partial charge on any atom is -0.394 e. The topological polar surface area (TPSA) is 40.5 Å². The highest BCUT2D eigenvalue weighted by atomic mass is 16.3. The van der Waals surface area contributed by atoms with Gasteiger partial charge in [0.05, 0.1) is 12.1 Å². The molecule has 0 heterocycles. The number of hydrogen-bond acceptors (Lipinski definition) is 2. The van der Waals surface area contributed by atoms with Crippen LogP contribution in [0.2, 0.25) is 0 Å². The Labute approximate surface area is 109 Å². The third kappa shape index (κ3) is 4.15. The molecule has 0 aromatic heterocycles. The van der Waals surface area contributed by atoms with Gasteiger partial charge in [0.25, 0.3) is 0 Å². The molecule has 0 fully saturated rings. The minimum absolute atomic E-state index is 0.0199. The van der Waals surface area contributed by atoms with Crippen molar-refractivity contribution < 1.29 is 9.90 Å². The van der Waals surface area contributed by atoms with Crippen LogP contribution in [0.1, 0.15) is 32.3 Å². The summed E-state index contributed by atoms with van der Waals surface area (Å²) in [5.41, 5.74) is 0.776. The van der Waals surface area contributed by atoms with Crippen molar-refractivity contribution in [3.8, 4) is 0 Å². The highest BCUT2D eigenvalue weighted by molar-refractivity contribution is 5.76. The smallest absolute Gasteiger partial charge is 0.222 e. The normalized spacial score (nSPS) is 11.3. The summed E-state index contributed by atoms with van der Waals surface area (Å²) in [5, 5.41) is 9.22. The van der Waals surface area contributed by atoms with Crippen molar-refractivity contribution in [1.29, 1.82) is 0 Å². The summed E-state index contributed by atoms with van der Waals surface area (Å²) in [4.78, 5) is 13.6. The molecule has 1 aromatic rings. The van der Waals surface area contributed by atoms with Gasteiger partial charge in [-0.25, -0.2) is 0 Å². The Morgan fingerprint density at radius 1 is 1.28 bits per heavy atom. The van der Waals surface area contributed by atoms with Gasteiger partial charge in [-0.1, -0.05) is 30.3 Å². The third-order valence-corrected chi connectivity index (χ3v) is 3.37. The molecule has 18 heavy (non-hydrogen) atoms. The van der Waals surface area contributed by atoms with Gasteiger partial charge in [-0.15, -0.1) is 0 Å². The molecule has 0 unspecified atom stereocenters. The first-order valence-corrected chi connectivity index (χ1v) is 6.39. The van der Waals surface area contributed by atoms with Gasteiger partial charge < -0.3 is 10.0 Å². The van der Waals surface area contributed by atoms with Crippen molar-refractivity contribution in [2.45, 2.75) is 38.6 Å². The molecule has 0 aliphatic carbocycles. The van der Waals surface area contributed by atoms with E-state index in [1.807, 2.05) is 32.0 Å². The Morgan fingerprint density at radius 2 is 1.89 bits per heavy atom. The molecule has 0 spiro atoms. The third-order valence-electron chi connectivity index (χ3n) is 3.37. The SMILES string of the molecule is CN(C(=O)CCCc1ccccc1)C(C)(C)CO. The van der Waals surface area contributed by atoms with Gasteiger partial charge in [-0.05, 0) is 32.3 Å². The van der Waals surface area contributed by atoms with Crippen LogP contribution in [0.5, 0.6) is 0 Å². The van der Waals surface area contributed by atoms with Gasteiger partial charge in [0.1, 0.15) is 0 Å². The molecule has 3 nitrogen and oxygen atoms in total. The number of likely N-dealkylation sites (N-methyl/N-ethyl adjacent to an activating group) is 1. The molecule has 0 saturated heterocycles. The summed E-state index contributed by atoms with van der Waals surface area (Å²) in [5.74, 6) is 0.0879. The van der Waals surface area contributed by atoms with Crippen LogP contribution in [-0.4, -0.2) is 35.1 Å². The Bertz CT molecular complexity index is 373. The summed E-state index contributed by atoms with van der Waals surface area (Å²) in [7, 11) is 1.75. The number of carbonyl (C=O) groups excluding carboxylic acids is 1. The lowest BCUT2D eigenvalue weighted by atomic mass is 10.0. The number of nitrogens with zero attached hydrogens (tertiary/aromatic N) is 1. The number of amides is 1. The first-order chi connectivity index (χ1) is 8.47. The van der Waals surface area contributed by atoms with Gasteiger partial charge >= 0.3 is 0 Å². The lowest BCUT2D eigenvalue weighted by Crippen LogP contribution is -2.47. The number of carbonyl (C=O) groups is 1. The molecule has 0 bridgehead atoms. The van der Waals surface area contributed by atoms with E-state index in [9.17, 15) is 9.90 Å². The van der Waals surface area contributed by atoms with Crippen LogP contribution < -0.4 is 0 Å². The van der Waals surface area contributed by atoms with Gasteiger partial charge in [0.15, 0.2) is 0 Å². The maximum atomic E-state index is 12.0. The van der Waals surface area contributed by atoms with Crippen molar-refractivity contribution in [1.82, 2.24) is 4.90 Å². The molecule has 1 aromatic carbocycles. The fourth-order valence-corrected chi connectivity index (χ4v) is 1.70. The summed E-state index contributed by atoms with van der Waals surface area (Å²) in [6, 6.07) is 10.2. The van der Waals surface area contributed by atoms with Crippen molar-refractivity contribution in [2.75, 3.05) is 13.7 Å². The van der Waals surface area contributed by atoms with E-state index in [0.29, 0.717) is 6.42 Å². The monoisotopic (exact) mass is 249 g/mol. The molecule has 0 atom stereocenters. The van der Waals surface area contributed by atoms with E-state index in [1.165, 1.54) is 5.56 Å². The zero-order valence-corrected chi connectivity index (χ0v) is 11.5. The number of aliphatic hydroxyl groups excluding tert-OH is 1. The van der Waals surface area contributed by atoms with Gasteiger partial charge in [-0.3, -0.25) is 4.79 Å². The van der Waals surface area contributed by atoms with Gasteiger partial charge in [0, 0.05) is 13.5 Å². The van der Waals surface area contributed by atoms with E-state index < -0.39 is 5.54 Å². The zero-order chi connectivity index (χ0) is 13.6. The summed E-state index contributed by atoms with van der Waals surface area (Å²) in [6.45, 7) is 3.71. The minimum atomic E-state index is -0.482. The number of aliphatic hydroxyl groups is 1. The fourth-order valence-electron chi connectivity index (χ4n) is 1.70. The van der Waals surface area contributed by atoms with E-state index in [2.05, 4.69) is 12.1 Å². The van der Waals surface area contributed by atoms with Gasteiger partial charge in [0.2, 0.25) is 5.91 Å². The second-order valence-corrected chi connectivity index (χ2v) is 5.26. The molecular weight excluding hydrogens is 226 g/mol. The predicted octanol–water partition coefficient (Wildman–Crippen LogP) is 2.24. The maximum absolute atomic E-state index is 12.0. The number of hydrogen-bond donors (Lipinski definition) is 1. The fraction of sp³-hybridized carbons (Fsp3) is 0.533. The highest BCUT2D eigenvalue weighted by Crippen LogP contribution is 2.14. The molecule has 1 rings (SSSR count). The Kier molecular flexibility index (Phi) is 5.35. The first kappa shape index (κ1) is 14.7.